The maximum atomic E-state index is 13.2. The summed E-state index contributed by atoms with van der Waals surface area (Å²) in [6.07, 6.45) is 38.1. The van der Waals surface area contributed by atoms with Crippen LogP contribution in [0.5, 0.6) is 0 Å². The van der Waals surface area contributed by atoms with E-state index in [0.717, 1.165) is 32.1 Å². The first-order valence-electron chi connectivity index (χ1n) is 30.6. The van der Waals surface area contributed by atoms with Gasteiger partial charge in [-0.25, -0.2) is 0 Å². The first-order valence-corrected chi connectivity index (χ1v) is 30.6. The van der Waals surface area contributed by atoms with Crippen molar-refractivity contribution in [2.75, 3.05) is 19.8 Å². The van der Waals surface area contributed by atoms with Crippen LogP contribution in [-0.4, -0.2) is 140 Å². The van der Waals surface area contributed by atoms with Gasteiger partial charge in [0, 0.05) is 6.42 Å². The van der Waals surface area contributed by atoms with Crippen molar-refractivity contribution in [3.05, 3.63) is 24.3 Å². The number of nitrogens with one attached hydrogen (secondary N) is 1. The summed E-state index contributed by atoms with van der Waals surface area (Å²) in [5.41, 5.74) is 0. The second-order valence-corrected chi connectivity index (χ2v) is 21.8. The van der Waals surface area contributed by atoms with E-state index in [1.165, 1.54) is 193 Å². The van der Waals surface area contributed by atoms with Crippen molar-refractivity contribution in [2.45, 2.75) is 331 Å². The number of amides is 1. The van der Waals surface area contributed by atoms with Gasteiger partial charge < -0.3 is 65.1 Å². The normalized spacial score (nSPS) is 25.3. The molecule has 1 amide bonds. The average Bonchev–Trinajstić information content (AvgIpc) is 3.40. The standard InChI is InChI=1S/C60H113NO13/c1-3-5-7-9-11-13-15-17-18-19-20-21-22-23-24-25-26-27-28-29-30-31-32-33-35-37-39-41-43-49(64)48(61-52(65)44-42-40-38-36-34-16-14-12-10-8-6-4-2)47-71-59-57(70)55(68)58(51(46-63)73-59)74-60-56(69)54(67)53(66)50(45-62)72-60/h33,35,41,43,48-51,53-60,62-64,66-70H,3-32,34,36-40,42,44-47H2,1-2H3,(H,61,65)/b35-33+,43-41+. The Hall–Kier alpha value is -1.53. The second-order valence-electron chi connectivity index (χ2n) is 21.8. The smallest absolute Gasteiger partial charge is 0.220 e. The molecule has 12 unspecified atom stereocenters. The Labute approximate surface area is 449 Å². The van der Waals surface area contributed by atoms with E-state index in [1.807, 2.05) is 6.08 Å². The first-order chi connectivity index (χ1) is 36.1. The molecule has 0 bridgehead atoms. The van der Waals surface area contributed by atoms with Gasteiger partial charge in [0.25, 0.3) is 0 Å². The lowest BCUT2D eigenvalue weighted by molar-refractivity contribution is -0.359. The third-order valence-electron chi connectivity index (χ3n) is 15.1. The fourth-order valence-electron chi connectivity index (χ4n) is 10.2. The van der Waals surface area contributed by atoms with E-state index in [0.29, 0.717) is 12.8 Å². The molecule has 2 aliphatic rings. The molecule has 74 heavy (non-hydrogen) atoms. The number of unbranched alkanes of at least 4 members (excludes halogenated alkanes) is 34. The Kier molecular flexibility index (Phi) is 43.0. The van der Waals surface area contributed by atoms with Crippen LogP contribution in [0, 0.1) is 0 Å². The number of allylic oxidation sites excluding steroid dienone is 3. The largest absolute Gasteiger partial charge is 0.394 e. The predicted molar refractivity (Wildman–Crippen MR) is 295 cm³/mol. The van der Waals surface area contributed by atoms with Crippen LogP contribution >= 0.6 is 0 Å². The summed E-state index contributed by atoms with van der Waals surface area (Å²) in [7, 11) is 0. The minimum absolute atomic E-state index is 0.247. The van der Waals surface area contributed by atoms with Gasteiger partial charge in [-0.05, 0) is 32.1 Å². The molecule has 9 N–H and O–H groups in total. The number of ether oxygens (including phenoxy) is 4. The van der Waals surface area contributed by atoms with Crippen LogP contribution in [-0.2, 0) is 23.7 Å². The molecule has 0 aromatic heterocycles. The van der Waals surface area contributed by atoms with Gasteiger partial charge >= 0.3 is 0 Å². The van der Waals surface area contributed by atoms with Crippen molar-refractivity contribution in [3.8, 4) is 0 Å². The van der Waals surface area contributed by atoms with Crippen LogP contribution in [0.2, 0.25) is 0 Å². The molecule has 14 nitrogen and oxygen atoms in total. The summed E-state index contributed by atoms with van der Waals surface area (Å²) in [5.74, 6) is -0.247. The van der Waals surface area contributed by atoms with Crippen LogP contribution in [0.25, 0.3) is 0 Å². The lowest BCUT2D eigenvalue weighted by atomic mass is 9.97. The molecule has 2 heterocycles. The molecule has 436 valence electrons. The predicted octanol–water partition coefficient (Wildman–Crippen LogP) is 10.4. The van der Waals surface area contributed by atoms with Gasteiger partial charge in [-0.1, -0.05) is 244 Å². The number of aliphatic hydroxyl groups excluding tert-OH is 8. The zero-order valence-corrected chi connectivity index (χ0v) is 46.8. The highest BCUT2D eigenvalue weighted by Gasteiger charge is 2.51. The third kappa shape index (κ3) is 31.8. The zero-order valence-electron chi connectivity index (χ0n) is 46.8. The molecule has 2 fully saturated rings. The maximum Gasteiger partial charge on any atom is 0.220 e. The van der Waals surface area contributed by atoms with Gasteiger partial charge in [-0.3, -0.25) is 4.79 Å². The lowest BCUT2D eigenvalue weighted by Crippen LogP contribution is -2.65. The highest BCUT2D eigenvalue weighted by Crippen LogP contribution is 2.30. The van der Waals surface area contributed by atoms with Crippen molar-refractivity contribution in [2.24, 2.45) is 0 Å². The molecule has 0 radical (unpaired) electrons. The third-order valence-corrected chi connectivity index (χ3v) is 15.1. The van der Waals surface area contributed by atoms with E-state index in [1.54, 1.807) is 6.08 Å². The number of carbonyl (C=O) groups is 1. The van der Waals surface area contributed by atoms with Crippen molar-refractivity contribution >= 4 is 5.91 Å². The molecule has 2 aliphatic heterocycles. The van der Waals surface area contributed by atoms with Crippen molar-refractivity contribution in [1.82, 2.24) is 5.32 Å². The summed E-state index contributed by atoms with van der Waals surface area (Å²) >= 11 is 0. The molecule has 12 atom stereocenters. The van der Waals surface area contributed by atoms with Crippen molar-refractivity contribution in [3.63, 3.8) is 0 Å². The SMILES string of the molecule is CCCCCCCCCCCCCCCCCCCCCCCC/C=C/CC/C=C/C(O)C(COC1OC(CO)C(OC2OC(CO)C(O)C(O)C2O)C(O)C1O)NC(=O)CCCCCCCCCCCCCC. The topological polar surface area (TPSA) is 228 Å². The Morgan fingerprint density at radius 1 is 0.473 bits per heavy atom. The first kappa shape index (κ1) is 68.6. The molecular formula is C60H113NO13. The number of hydrogen-bond donors (Lipinski definition) is 9. The Balaban J connectivity index is 1.71. The van der Waals surface area contributed by atoms with Crippen LogP contribution in [0.3, 0.4) is 0 Å². The van der Waals surface area contributed by atoms with Crippen LogP contribution in [0.1, 0.15) is 258 Å². The number of aliphatic hydroxyl groups is 8. The molecule has 14 heteroatoms. The molecule has 2 saturated heterocycles. The number of hydrogen-bond acceptors (Lipinski definition) is 13. The van der Waals surface area contributed by atoms with Gasteiger partial charge in [0.1, 0.15) is 48.8 Å². The van der Waals surface area contributed by atoms with Crippen molar-refractivity contribution < 1.29 is 64.6 Å². The van der Waals surface area contributed by atoms with Gasteiger partial charge in [-0.15, -0.1) is 0 Å². The lowest BCUT2D eigenvalue weighted by Gasteiger charge is -2.46. The summed E-state index contributed by atoms with van der Waals surface area (Å²) in [5, 5.41) is 87.0. The van der Waals surface area contributed by atoms with Gasteiger partial charge in [-0.2, -0.15) is 0 Å². The van der Waals surface area contributed by atoms with Crippen LogP contribution < -0.4 is 5.32 Å². The molecule has 2 rings (SSSR count). The molecule has 0 aromatic carbocycles. The van der Waals surface area contributed by atoms with E-state index in [4.69, 9.17) is 18.9 Å². The molecule has 0 saturated carbocycles. The summed E-state index contributed by atoms with van der Waals surface area (Å²) < 4.78 is 22.7. The molecule has 0 spiro atoms. The Bertz CT molecular complexity index is 1340. The number of carbonyl (C=O) groups excluding carboxylic acids is 1. The average molecular weight is 1060 g/mol. The Morgan fingerprint density at radius 3 is 1.32 bits per heavy atom. The quantitative estimate of drug-likeness (QED) is 0.0204. The fraction of sp³-hybridized carbons (Fsp3) is 0.917. The van der Waals surface area contributed by atoms with E-state index in [9.17, 15) is 45.6 Å². The van der Waals surface area contributed by atoms with E-state index >= 15 is 0 Å². The molecule has 0 aliphatic carbocycles. The number of rotatable bonds is 49. The van der Waals surface area contributed by atoms with Gasteiger partial charge in [0.2, 0.25) is 5.91 Å². The highest BCUT2D eigenvalue weighted by atomic mass is 16.7. The van der Waals surface area contributed by atoms with Gasteiger partial charge in [0.15, 0.2) is 12.6 Å². The van der Waals surface area contributed by atoms with E-state index < -0.39 is 86.8 Å². The van der Waals surface area contributed by atoms with E-state index in [2.05, 4.69) is 31.3 Å². The summed E-state index contributed by atoms with van der Waals surface area (Å²) in [4.78, 5) is 13.2. The van der Waals surface area contributed by atoms with Crippen molar-refractivity contribution in [1.29, 1.82) is 0 Å². The Morgan fingerprint density at radius 2 is 0.865 bits per heavy atom. The highest BCUT2D eigenvalue weighted by molar-refractivity contribution is 5.76. The minimum Gasteiger partial charge on any atom is -0.394 e. The maximum absolute atomic E-state index is 13.2. The summed E-state index contributed by atoms with van der Waals surface area (Å²) in [6, 6.07) is -0.927. The summed E-state index contributed by atoms with van der Waals surface area (Å²) in [6.45, 7) is 2.79. The second kappa shape index (κ2) is 46.4. The monoisotopic (exact) mass is 1060 g/mol. The minimum atomic E-state index is -1.79. The zero-order chi connectivity index (χ0) is 53.9. The van der Waals surface area contributed by atoms with Gasteiger partial charge in [0.05, 0.1) is 32.0 Å². The van der Waals surface area contributed by atoms with Crippen LogP contribution in [0.4, 0.5) is 0 Å². The van der Waals surface area contributed by atoms with Crippen LogP contribution in [0.15, 0.2) is 24.3 Å². The fourth-order valence-corrected chi connectivity index (χ4v) is 10.2. The molecule has 0 aromatic rings. The molecular weight excluding hydrogens is 943 g/mol. The van der Waals surface area contributed by atoms with E-state index in [-0.39, 0.29) is 18.9 Å².